The van der Waals surface area contributed by atoms with Crippen molar-refractivity contribution in [2.45, 2.75) is 19.6 Å². The van der Waals surface area contributed by atoms with Gasteiger partial charge in [0.1, 0.15) is 30.2 Å². The highest BCUT2D eigenvalue weighted by molar-refractivity contribution is 5.70. The fourth-order valence-corrected chi connectivity index (χ4v) is 3.07. The first-order chi connectivity index (χ1) is 13.5. The molecule has 0 spiro atoms. The largest absolute Gasteiger partial charge is 0.444 e. The van der Waals surface area contributed by atoms with Gasteiger partial charge in [-0.2, -0.15) is 0 Å². The fourth-order valence-electron chi connectivity index (χ4n) is 3.07. The van der Waals surface area contributed by atoms with Crippen LogP contribution in [0.4, 0.5) is 13.6 Å². The van der Waals surface area contributed by atoms with Gasteiger partial charge in [-0.1, -0.05) is 6.07 Å². The molecule has 0 aliphatic carbocycles. The Kier molecular flexibility index (Phi) is 4.91. The lowest BCUT2D eigenvalue weighted by atomic mass is 10.1. The van der Waals surface area contributed by atoms with Gasteiger partial charge >= 0.3 is 6.09 Å². The van der Waals surface area contributed by atoms with Crippen molar-refractivity contribution in [2.24, 2.45) is 0 Å². The van der Waals surface area contributed by atoms with Crippen molar-refractivity contribution in [3.63, 3.8) is 0 Å². The second kappa shape index (κ2) is 7.51. The maximum absolute atomic E-state index is 14.1. The van der Waals surface area contributed by atoms with E-state index in [-0.39, 0.29) is 24.3 Å². The maximum atomic E-state index is 14.1. The zero-order valence-corrected chi connectivity index (χ0v) is 15.1. The molecule has 9 heteroatoms. The summed E-state index contributed by atoms with van der Waals surface area (Å²) >= 11 is 0. The summed E-state index contributed by atoms with van der Waals surface area (Å²) in [7, 11) is 0. The summed E-state index contributed by atoms with van der Waals surface area (Å²) in [6, 6.07) is 6.13. The van der Waals surface area contributed by atoms with E-state index in [1.807, 2.05) is 6.07 Å². The number of morpholine rings is 1. The number of H-pyrrole nitrogens is 1. The van der Waals surface area contributed by atoms with E-state index in [0.29, 0.717) is 18.0 Å². The number of amides is 1. The first-order valence-electron chi connectivity index (χ1n) is 8.80. The van der Waals surface area contributed by atoms with Crippen molar-refractivity contribution in [1.82, 2.24) is 19.9 Å². The number of aromatic nitrogens is 3. The molecule has 28 heavy (non-hydrogen) atoms. The van der Waals surface area contributed by atoms with Crippen LogP contribution in [0.25, 0.3) is 11.2 Å². The summed E-state index contributed by atoms with van der Waals surface area (Å²) in [5.41, 5.74) is 1.36. The molecule has 3 heterocycles. The Morgan fingerprint density at radius 1 is 1.39 bits per heavy atom. The molecule has 146 valence electrons. The van der Waals surface area contributed by atoms with Crippen LogP contribution in [0.3, 0.4) is 0 Å². The van der Waals surface area contributed by atoms with Crippen LogP contribution in [-0.2, 0) is 16.1 Å². The first-order valence-corrected chi connectivity index (χ1v) is 8.80. The summed E-state index contributed by atoms with van der Waals surface area (Å²) in [5, 5.41) is 0. The van der Waals surface area contributed by atoms with Crippen LogP contribution in [-0.4, -0.2) is 45.6 Å². The van der Waals surface area contributed by atoms with Crippen LogP contribution < -0.4 is 0 Å². The number of rotatable bonds is 3. The van der Waals surface area contributed by atoms with Crippen molar-refractivity contribution < 1.29 is 23.0 Å². The van der Waals surface area contributed by atoms with Crippen LogP contribution in [0.15, 0.2) is 30.5 Å². The Morgan fingerprint density at radius 2 is 2.25 bits per heavy atom. The predicted octanol–water partition coefficient (Wildman–Crippen LogP) is 3.25. The Labute approximate surface area is 159 Å². The number of fused-ring (bicyclic) bond motifs is 1. The van der Waals surface area contributed by atoms with Crippen molar-refractivity contribution in [3.8, 4) is 0 Å². The summed E-state index contributed by atoms with van der Waals surface area (Å²) in [5.74, 6) is -0.894. The molecule has 3 aromatic rings. The molecule has 1 saturated heterocycles. The van der Waals surface area contributed by atoms with E-state index in [1.165, 1.54) is 17.9 Å². The van der Waals surface area contributed by atoms with Gasteiger partial charge < -0.3 is 19.4 Å². The standard InChI is InChI=1S/C19H18F2N4O3/c1-11-4-5-13(20)12(16(11)21)10-28-19(26)25-7-8-27-15(9-25)18-23-14-3-2-6-22-17(14)24-18/h2-6,15H,7-10H2,1H3,(H,22,23,24)/t15-/m0/s1. The normalized spacial score (nSPS) is 17.1. The van der Waals surface area contributed by atoms with Gasteiger partial charge in [-0.3, -0.25) is 0 Å². The highest BCUT2D eigenvalue weighted by Crippen LogP contribution is 2.23. The van der Waals surface area contributed by atoms with Gasteiger partial charge in [0.25, 0.3) is 0 Å². The Morgan fingerprint density at radius 3 is 3.07 bits per heavy atom. The number of carbonyl (C=O) groups is 1. The van der Waals surface area contributed by atoms with Crippen molar-refractivity contribution in [2.75, 3.05) is 19.7 Å². The third-order valence-corrected chi connectivity index (χ3v) is 4.62. The minimum absolute atomic E-state index is 0.206. The number of halogens is 2. The van der Waals surface area contributed by atoms with Gasteiger partial charge in [0.2, 0.25) is 0 Å². The molecule has 1 aliphatic heterocycles. The topological polar surface area (TPSA) is 80.3 Å². The van der Waals surface area contributed by atoms with E-state index >= 15 is 0 Å². The fraction of sp³-hybridized carbons (Fsp3) is 0.316. The Balaban J connectivity index is 1.43. The van der Waals surface area contributed by atoms with Crippen LogP contribution in [0.5, 0.6) is 0 Å². The molecule has 7 nitrogen and oxygen atoms in total. The summed E-state index contributed by atoms with van der Waals surface area (Å²) < 4.78 is 38.7. The third-order valence-electron chi connectivity index (χ3n) is 4.62. The van der Waals surface area contributed by atoms with Gasteiger partial charge in [0.05, 0.1) is 24.2 Å². The van der Waals surface area contributed by atoms with Crippen molar-refractivity contribution >= 4 is 17.3 Å². The Hall–Kier alpha value is -3.07. The first kappa shape index (κ1) is 18.3. The van der Waals surface area contributed by atoms with Crippen LogP contribution in [0, 0.1) is 18.6 Å². The number of hydrogen-bond acceptors (Lipinski definition) is 5. The second-order valence-electron chi connectivity index (χ2n) is 6.51. The number of aryl methyl sites for hydroxylation is 1. The molecule has 1 aliphatic rings. The van der Waals surface area contributed by atoms with Crippen molar-refractivity contribution in [1.29, 1.82) is 0 Å². The molecule has 1 amide bonds. The van der Waals surface area contributed by atoms with E-state index in [1.54, 1.807) is 12.3 Å². The van der Waals surface area contributed by atoms with Gasteiger partial charge in [-0.05, 0) is 30.7 Å². The molecule has 0 radical (unpaired) electrons. The molecule has 0 saturated carbocycles. The average molecular weight is 388 g/mol. The minimum atomic E-state index is -0.745. The van der Waals surface area contributed by atoms with E-state index in [2.05, 4.69) is 15.0 Å². The summed E-state index contributed by atoms with van der Waals surface area (Å²) in [6.07, 6.45) is 0.507. The number of nitrogens with one attached hydrogen (secondary N) is 1. The number of imidazole rings is 1. The zero-order chi connectivity index (χ0) is 19.7. The molecule has 4 rings (SSSR count). The van der Waals surface area contributed by atoms with E-state index in [9.17, 15) is 13.6 Å². The van der Waals surface area contributed by atoms with Crippen molar-refractivity contribution in [3.05, 3.63) is 59.0 Å². The number of benzene rings is 1. The molecular weight excluding hydrogens is 370 g/mol. The average Bonchev–Trinajstić information content (AvgIpc) is 3.15. The van der Waals surface area contributed by atoms with E-state index in [4.69, 9.17) is 9.47 Å². The SMILES string of the molecule is Cc1ccc(F)c(COC(=O)N2CCO[C@H](c3nc4ncccc4[nH]3)C2)c1F. The molecule has 1 fully saturated rings. The maximum Gasteiger partial charge on any atom is 0.410 e. The van der Waals surface area contributed by atoms with E-state index < -0.39 is 30.4 Å². The smallest absolute Gasteiger partial charge is 0.410 e. The van der Waals surface area contributed by atoms with Crippen LogP contribution >= 0.6 is 0 Å². The second-order valence-corrected chi connectivity index (χ2v) is 6.51. The number of pyridine rings is 1. The number of hydrogen-bond donors (Lipinski definition) is 1. The lowest BCUT2D eigenvalue weighted by Crippen LogP contribution is -2.42. The van der Waals surface area contributed by atoms with Gasteiger partial charge in [0, 0.05) is 12.7 Å². The number of ether oxygens (including phenoxy) is 2. The zero-order valence-electron chi connectivity index (χ0n) is 15.1. The molecule has 2 aromatic heterocycles. The summed E-state index contributed by atoms with van der Waals surface area (Å²) in [4.78, 5) is 25.5. The Bertz CT molecular complexity index is 991. The van der Waals surface area contributed by atoms with Gasteiger partial charge in [0.15, 0.2) is 5.65 Å². The summed E-state index contributed by atoms with van der Waals surface area (Å²) in [6.45, 7) is 1.85. The third kappa shape index (κ3) is 3.53. The molecule has 1 aromatic carbocycles. The molecule has 0 bridgehead atoms. The van der Waals surface area contributed by atoms with Crippen LogP contribution in [0.2, 0.25) is 0 Å². The molecular formula is C19H18F2N4O3. The highest BCUT2D eigenvalue weighted by Gasteiger charge is 2.29. The van der Waals surface area contributed by atoms with E-state index in [0.717, 1.165) is 11.6 Å². The monoisotopic (exact) mass is 388 g/mol. The van der Waals surface area contributed by atoms with Gasteiger partial charge in [-0.25, -0.2) is 23.5 Å². The minimum Gasteiger partial charge on any atom is -0.444 e. The number of nitrogens with zero attached hydrogens (tertiary/aromatic N) is 3. The molecule has 1 atom stereocenters. The lowest BCUT2D eigenvalue weighted by molar-refractivity contribution is -0.0332. The number of carbonyl (C=O) groups excluding carboxylic acids is 1. The lowest BCUT2D eigenvalue weighted by Gasteiger charge is -2.31. The highest BCUT2D eigenvalue weighted by atomic mass is 19.1. The molecule has 0 unspecified atom stereocenters. The number of aromatic amines is 1. The molecule has 1 N–H and O–H groups in total. The van der Waals surface area contributed by atoms with Gasteiger partial charge in [-0.15, -0.1) is 0 Å². The predicted molar refractivity (Wildman–Crippen MR) is 95.4 cm³/mol. The quantitative estimate of drug-likeness (QED) is 0.745. The van der Waals surface area contributed by atoms with Crippen LogP contribution in [0.1, 0.15) is 23.1 Å².